The van der Waals surface area contributed by atoms with Crippen molar-refractivity contribution in [3.63, 3.8) is 0 Å². The number of benzene rings is 2. The summed E-state index contributed by atoms with van der Waals surface area (Å²) in [6, 6.07) is 7.94. The number of pyridine rings is 1. The average Bonchev–Trinajstić information content (AvgIpc) is 3.85. The zero-order chi connectivity index (χ0) is 33.6. The van der Waals surface area contributed by atoms with Gasteiger partial charge in [0.2, 0.25) is 5.43 Å². The Labute approximate surface area is 269 Å². The molecule has 1 saturated carbocycles. The number of halogens is 2. The third-order valence-electron chi connectivity index (χ3n) is 9.32. The monoisotopic (exact) mass is 648 g/mol. The smallest absolute Gasteiger partial charge is 0.341 e. The maximum absolute atomic E-state index is 16.1. The third-order valence-corrected chi connectivity index (χ3v) is 9.32. The largest absolute Gasteiger partial charge is 0.477 e. The second kappa shape index (κ2) is 12.8. The van der Waals surface area contributed by atoms with E-state index in [-0.39, 0.29) is 35.2 Å². The number of unbranched alkanes of at least 4 members (excludes halogenated alkanes) is 1. The number of carboxylic acids is 1. The zero-order valence-corrected chi connectivity index (χ0v) is 26.6. The molecule has 248 valence electrons. The number of hydrogen-bond acceptors (Lipinski definition) is 7. The topological polar surface area (TPSA) is 133 Å². The molecule has 13 heteroatoms. The predicted octanol–water partition coefficient (Wildman–Crippen LogP) is 4.51. The van der Waals surface area contributed by atoms with Gasteiger partial charge in [0.15, 0.2) is 5.82 Å². The van der Waals surface area contributed by atoms with Gasteiger partial charge in [-0.2, -0.15) is 0 Å². The van der Waals surface area contributed by atoms with Crippen LogP contribution in [0.25, 0.3) is 10.9 Å². The Hall–Kier alpha value is -4.78. The number of aromatic amines is 1. The van der Waals surface area contributed by atoms with Gasteiger partial charge in [0.05, 0.1) is 10.9 Å². The molecule has 0 bridgehead atoms. The molecule has 11 nitrogen and oxygen atoms in total. The highest BCUT2D eigenvalue weighted by atomic mass is 19.1. The van der Waals surface area contributed by atoms with E-state index in [4.69, 9.17) is 0 Å². The van der Waals surface area contributed by atoms with E-state index in [0.29, 0.717) is 44.8 Å². The summed E-state index contributed by atoms with van der Waals surface area (Å²) in [5.74, 6) is -2.86. The van der Waals surface area contributed by atoms with Crippen LogP contribution in [0.4, 0.5) is 26.0 Å². The molecular weight excluding hydrogens is 610 g/mol. The second-order valence-corrected chi connectivity index (χ2v) is 12.7. The minimum absolute atomic E-state index is 0.0554. The first-order valence-electron chi connectivity index (χ1n) is 15.9. The number of fused-ring (bicyclic) bond motifs is 1. The van der Waals surface area contributed by atoms with Gasteiger partial charge in [-0.1, -0.05) is 6.07 Å². The van der Waals surface area contributed by atoms with Crippen molar-refractivity contribution in [3.8, 4) is 0 Å². The van der Waals surface area contributed by atoms with Gasteiger partial charge in [-0.15, -0.1) is 0 Å². The van der Waals surface area contributed by atoms with Gasteiger partial charge in [-0.3, -0.25) is 24.0 Å². The number of carbonyl (C=O) groups is 1. The number of H-pyrrole nitrogens is 1. The predicted molar refractivity (Wildman–Crippen MR) is 176 cm³/mol. The maximum atomic E-state index is 16.1. The van der Waals surface area contributed by atoms with E-state index in [2.05, 4.69) is 15.2 Å². The Kier molecular flexibility index (Phi) is 8.75. The molecule has 1 aliphatic carbocycles. The van der Waals surface area contributed by atoms with Crippen LogP contribution in [0, 0.1) is 25.5 Å². The van der Waals surface area contributed by atoms with E-state index < -0.39 is 39.8 Å². The summed E-state index contributed by atoms with van der Waals surface area (Å²) in [5.41, 5.74) is 0.439. The van der Waals surface area contributed by atoms with Crippen molar-refractivity contribution in [1.82, 2.24) is 19.0 Å². The first kappa shape index (κ1) is 32.2. The summed E-state index contributed by atoms with van der Waals surface area (Å²) in [7, 11) is 0. The van der Waals surface area contributed by atoms with Gasteiger partial charge in [0.25, 0.3) is 5.56 Å². The lowest BCUT2D eigenvalue weighted by atomic mass is 10.1. The molecule has 2 aromatic carbocycles. The van der Waals surface area contributed by atoms with Crippen LogP contribution in [0.2, 0.25) is 0 Å². The van der Waals surface area contributed by atoms with Crippen LogP contribution in [0.3, 0.4) is 0 Å². The number of aryl methyl sites for hydroxylation is 2. The molecule has 47 heavy (non-hydrogen) atoms. The Morgan fingerprint density at radius 3 is 2.43 bits per heavy atom. The minimum Gasteiger partial charge on any atom is -0.477 e. The standard InChI is InChI=1S/C34H38F2N6O5/c1-19-6-7-22(14-20(19)2)37-27-16-28(43)41(34(47)38-27)11-5-4-10-39-12-13-40(17-21(39)3)31-26(35)15-24-30(29(31)36)42(23-8-9-23)18-25(32(24)44)33(45)46/h6-7,14-16,18,21,23,37H,4-5,8-13,17H2,1-3H3,(H,38,47)(H,45,46). The van der Waals surface area contributed by atoms with Crippen LogP contribution in [0.15, 0.2) is 50.9 Å². The number of rotatable bonds is 10. The number of hydrogen-bond donors (Lipinski definition) is 3. The summed E-state index contributed by atoms with van der Waals surface area (Å²) >= 11 is 0. The van der Waals surface area contributed by atoms with Crippen molar-refractivity contribution in [2.24, 2.45) is 0 Å². The van der Waals surface area contributed by atoms with Crippen molar-refractivity contribution in [3.05, 3.63) is 95.9 Å². The molecule has 3 N–H and O–H groups in total. The first-order valence-corrected chi connectivity index (χ1v) is 15.9. The van der Waals surface area contributed by atoms with Crippen LogP contribution in [0.5, 0.6) is 0 Å². The summed E-state index contributed by atoms with van der Waals surface area (Å²) in [5, 5.41) is 12.3. The number of aromatic carboxylic acids is 1. The van der Waals surface area contributed by atoms with E-state index in [1.165, 1.54) is 21.4 Å². The normalized spacial score (nSPS) is 17.0. The van der Waals surface area contributed by atoms with Gasteiger partial charge in [0, 0.05) is 56.2 Å². The van der Waals surface area contributed by atoms with E-state index >= 15 is 8.78 Å². The molecule has 1 unspecified atom stereocenters. The molecule has 1 aliphatic heterocycles. The summed E-state index contributed by atoms with van der Waals surface area (Å²) < 4.78 is 34.2. The zero-order valence-electron chi connectivity index (χ0n) is 26.6. The van der Waals surface area contributed by atoms with Gasteiger partial charge in [-0.05, 0) is 82.3 Å². The SMILES string of the molecule is Cc1ccc(Nc2cc(=O)n(CCCCN3CCN(c4c(F)cc5c(=O)c(C(=O)O)cn(C6CC6)c5c4F)CC3C)c(=O)[nH]2)cc1C. The van der Waals surface area contributed by atoms with Crippen LogP contribution in [-0.4, -0.2) is 62.3 Å². The molecule has 0 amide bonds. The molecule has 1 atom stereocenters. The highest BCUT2D eigenvalue weighted by Gasteiger charge is 2.33. The Morgan fingerprint density at radius 2 is 1.77 bits per heavy atom. The lowest BCUT2D eigenvalue weighted by Gasteiger charge is -2.41. The van der Waals surface area contributed by atoms with Crippen molar-refractivity contribution < 1.29 is 18.7 Å². The summed E-state index contributed by atoms with van der Waals surface area (Å²) in [6.45, 7) is 8.12. The number of anilines is 3. The molecule has 2 aliphatic rings. The fourth-order valence-electron chi connectivity index (χ4n) is 6.40. The molecular formula is C34H38F2N6O5. The fourth-order valence-corrected chi connectivity index (χ4v) is 6.40. The van der Waals surface area contributed by atoms with Crippen molar-refractivity contribution in [1.29, 1.82) is 0 Å². The molecule has 2 aromatic heterocycles. The molecule has 0 radical (unpaired) electrons. The van der Waals surface area contributed by atoms with Gasteiger partial charge < -0.3 is 19.9 Å². The number of carboxylic acid groups (broad SMARTS) is 1. The highest BCUT2D eigenvalue weighted by molar-refractivity contribution is 5.94. The third kappa shape index (κ3) is 6.44. The van der Waals surface area contributed by atoms with Crippen LogP contribution >= 0.6 is 0 Å². The van der Waals surface area contributed by atoms with Crippen LogP contribution in [0.1, 0.15) is 60.1 Å². The van der Waals surface area contributed by atoms with Crippen molar-refractivity contribution in [2.45, 2.75) is 65.1 Å². The Bertz CT molecular complexity index is 2020. The molecule has 4 aromatic rings. The van der Waals surface area contributed by atoms with E-state index in [1.807, 2.05) is 39.0 Å². The number of piperazine rings is 1. The number of nitrogens with one attached hydrogen (secondary N) is 2. The molecule has 1 saturated heterocycles. The van der Waals surface area contributed by atoms with Gasteiger partial charge >= 0.3 is 11.7 Å². The van der Waals surface area contributed by atoms with E-state index in [0.717, 1.165) is 35.7 Å². The molecule has 3 heterocycles. The maximum Gasteiger partial charge on any atom is 0.341 e. The lowest BCUT2D eigenvalue weighted by Crippen LogP contribution is -2.52. The van der Waals surface area contributed by atoms with Crippen LogP contribution < -0.4 is 26.9 Å². The average molecular weight is 649 g/mol. The van der Waals surface area contributed by atoms with Crippen molar-refractivity contribution in [2.75, 3.05) is 36.4 Å². The Morgan fingerprint density at radius 1 is 1.02 bits per heavy atom. The van der Waals surface area contributed by atoms with Gasteiger partial charge in [0.1, 0.15) is 22.9 Å². The van der Waals surface area contributed by atoms with E-state index in [1.54, 1.807) is 4.90 Å². The van der Waals surface area contributed by atoms with Crippen molar-refractivity contribution >= 4 is 34.1 Å². The second-order valence-electron chi connectivity index (χ2n) is 12.7. The minimum atomic E-state index is -1.43. The first-order chi connectivity index (χ1) is 22.4. The van der Waals surface area contributed by atoms with Crippen LogP contribution in [-0.2, 0) is 6.54 Å². The highest BCUT2D eigenvalue weighted by Crippen LogP contribution is 2.40. The summed E-state index contributed by atoms with van der Waals surface area (Å²) in [4.78, 5) is 56.5. The lowest BCUT2D eigenvalue weighted by molar-refractivity contribution is 0.0694. The molecule has 2 fully saturated rings. The van der Waals surface area contributed by atoms with Gasteiger partial charge in [-0.25, -0.2) is 18.4 Å². The fraction of sp³-hybridized carbons (Fsp3) is 0.412. The number of nitrogens with zero attached hydrogens (tertiary/aromatic N) is 4. The summed E-state index contributed by atoms with van der Waals surface area (Å²) in [6.07, 6.45) is 3.91. The molecule has 0 spiro atoms. The van der Waals surface area contributed by atoms with E-state index in [9.17, 15) is 24.3 Å². The molecule has 6 rings (SSSR count). The number of aromatic nitrogens is 3. The quantitative estimate of drug-likeness (QED) is 0.214. The Balaban J connectivity index is 1.09.